The highest BCUT2D eigenvalue weighted by Crippen LogP contribution is 2.49. The van der Waals surface area contributed by atoms with E-state index in [0.29, 0.717) is 38.0 Å². The monoisotopic (exact) mass is 284 g/mol. The van der Waals surface area contributed by atoms with E-state index in [2.05, 4.69) is 20.8 Å². The third-order valence-corrected chi connectivity index (χ3v) is 5.60. The molecule has 0 amide bonds. The normalized spacial score (nSPS) is 28.4. The highest BCUT2D eigenvalue weighted by atomic mass is 16.4. The molecule has 0 aliphatic heterocycles. The minimum Gasteiger partial charge on any atom is -0.481 e. The molecule has 0 spiro atoms. The van der Waals surface area contributed by atoms with Gasteiger partial charge in [0, 0.05) is 0 Å². The predicted molar refractivity (Wildman–Crippen MR) is 81.6 cm³/mol. The number of aliphatic carboxylic acids is 1. The second-order valence-corrected chi connectivity index (χ2v) is 7.83. The fourth-order valence-electron chi connectivity index (χ4n) is 3.63. The second-order valence-electron chi connectivity index (χ2n) is 7.83. The van der Waals surface area contributed by atoms with Crippen LogP contribution in [-0.2, 0) is 4.79 Å². The Kier molecular flexibility index (Phi) is 5.29. The molecule has 1 aliphatic carbocycles. The van der Waals surface area contributed by atoms with Gasteiger partial charge in [0.25, 0.3) is 0 Å². The van der Waals surface area contributed by atoms with Gasteiger partial charge in [0.05, 0.1) is 11.0 Å². The molecule has 0 atom stereocenters. The van der Waals surface area contributed by atoms with E-state index in [-0.39, 0.29) is 5.41 Å². The molecule has 118 valence electrons. The largest absolute Gasteiger partial charge is 0.481 e. The van der Waals surface area contributed by atoms with Crippen LogP contribution in [0.5, 0.6) is 0 Å². The average molecular weight is 284 g/mol. The van der Waals surface area contributed by atoms with Crippen LogP contribution in [0.4, 0.5) is 0 Å². The molecule has 3 nitrogen and oxygen atoms in total. The van der Waals surface area contributed by atoms with Gasteiger partial charge in [-0.15, -0.1) is 0 Å². The third-order valence-electron chi connectivity index (χ3n) is 5.60. The summed E-state index contributed by atoms with van der Waals surface area (Å²) in [7, 11) is 0. The van der Waals surface area contributed by atoms with E-state index >= 15 is 0 Å². The zero-order valence-corrected chi connectivity index (χ0v) is 13.8. The molecule has 0 saturated heterocycles. The first kappa shape index (κ1) is 17.5. The van der Waals surface area contributed by atoms with Crippen LogP contribution in [0.2, 0.25) is 0 Å². The quantitative estimate of drug-likeness (QED) is 0.794. The summed E-state index contributed by atoms with van der Waals surface area (Å²) in [4.78, 5) is 11.8. The number of aliphatic hydroxyl groups is 1. The summed E-state index contributed by atoms with van der Waals surface area (Å²) in [6.07, 6.45) is 4.97. The van der Waals surface area contributed by atoms with E-state index in [1.54, 1.807) is 0 Å². The van der Waals surface area contributed by atoms with Crippen LogP contribution >= 0.6 is 0 Å². The van der Waals surface area contributed by atoms with Crippen molar-refractivity contribution in [2.24, 2.45) is 16.7 Å². The van der Waals surface area contributed by atoms with Gasteiger partial charge in [-0.2, -0.15) is 0 Å². The number of carboxylic acids is 1. The van der Waals surface area contributed by atoms with E-state index in [9.17, 15) is 15.0 Å². The van der Waals surface area contributed by atoms with Crippen LogP contribution in [-0.4, -0.2) is 21.8 Å². The molecule has 20 heavy (non-hydrogen) atoms. The van der Waals surface area contributed by atoms with Gasteiger partial charge in [-0.05, 0) is 56.3 Å². The number of hydrogen-bond acceptors (Lipinski definition) is 2. The summed E-state index contributed by atoms with van der Waals surface area (Å²) in [5.74, 6) is -0.128. The Morgan fingerprint density at radius 1 is 1.15 bits per heavy atom. The fourth-order valence-corrected chi connectivity index (χ4v) is 3.63. The molecule has 3 heteroatoms. The molecule has 0 aromatic heterocycles. The number of hydrogen-bond donors (Lipinski definition) is 2. The van der Waals surface area contributed by atoms with Gasteiger partial charge >= 0.3 is 5.97 Å². The summed E-state index contributed by atoms with van der Waals surface area (Å²) in [6.45, 7) is 10.6. The fraction of sp³-hybridized carbons (Fsp3) is 0.941. The number of rotatable bonds is 5. The van der Waals surface area contributed by atoms with Crippen molar-refractivity contribution >= 4 is 5.97 Å². The highest BCUT2D eigenvalue weighted by Gasteiger charge is 2.47. The van der Waals surface area contributed by atoms with Crippen molar-refractivity contribution in [3.05, 3.63) is 0 Å². The molecular weight excluding hydrogens is 252 g/mol. The standard InChI is InChI=1S/C17H32O3/c1-6-17(20,7-2)12-16(14(18)19)10-8-13(9-11-16)15(3,4)5/h13,20H,6-12H2,1-5H3,(H,18,19). The molecule has 0 radical (unpaired) electrons. The molecule has 1 rings (SSSR count). The Hall–Kier alpha value is -0.570. The second kappa shape index (κ2) is 6.05. The molecule has 1 aliphatic rings. The molecule has 0 aromatic carbocycles. The summed E-state index contributed by atoms with van der Waals surface area (Å²) >= 11 is 0. The molecule has 1 saturated carbocycles. The first-order valence-corrected chi connectivity index (χ1v) is 8.04. The van der Waals surface area contributed by atoms with E-state index in [4.69, 9.17) is 0 Å². The van der Waals surface area contributed by atoms with E-state index < -0.39 is 17.0 Å². The molecule has 0 aromatic rings. The van der Waals surface area contributed by atoms with Crippen LogP contribution in [0.25, 0.3) is 0 Å². The summed E-state index contributed by atoms with van der Waals surface area (Å²) in [5, 5.41) is 20.3. The molecular formula is C17H32O3. The van der Waals surface area contributed by atoms with Gasteiger partial charge in [-0.25, -0.2) is 0 Å². The van der Waals surface area contributed by atoms with Gasteiger partial charge in [-0.1, -0.05) is 34.6 Å². The van der Waals surface area contributed by atoms with Gasteiger partial charge in [0.15, 0.2) is 0 Å². The minimum atomic E-state index is -0.826. The van der Waals surface area contributed by atoms with Crippen LogP contribution in [0.15, 0.2) is 0 Å². The highest BCUT2D eigenvalue weighted by molar-refractivity contribution is 5.75. The molecule has 1 fully saturated rings. The predicted octanol–water partition coefficient (Wildman–Crippen LogP) is 4.23. The zero-order chi connectivity index (χ0) is 15.6. The van der Waals surface area contributed by atoms with Gasteiger partial charge in [-0.3, -0.25) is 4.79 Å². The number of carbonyl (C=O) groups is 1. The Balaban J connectivity index is 2.85. The molecule has 0 heterocycles. The van der Waals surface area contributed by atoms with Crippen molar-refractivity contribution in [2.45, 2.75) is 85.2 Å². The van der Waals surface area contributed by atoms with Gasteiger partial charge in [0.1, 0.15) is 0 Å². The lowest BCUT2D eigenvalue weighted by Gasteiger charge is -2.44. The van der Waals surface area contributed by atoms with Crippen LogP contribution < -0.4 is 0 Å². The lowest BCUT2D eigenvalue weighted by Crippen LogP contribution is -2.44. The number of carboxylic acid groups (broad SMARTS) is 1. The van der Waals surface area contributed by atoms with Crippen LogP contribution in [0, 0.1) is 16.7 Å². The lowest BCUT2D eigenvalue weighted by atomic mass is 9.61. The molecule has 2 N–H and O–H groups in total. The topological polar surface area (TPSA) is 57.5 Å². The maximum atomic E-state index is 11.8. The molecule has 0 unspecified atom stereocenters. The van der Waals surface area contributed by atoms with E-state index in [0.717, 1.165) is 12.8 Å². The molecule has 0 bridgehead atoms. The van der Waals surface area contributed by atoms with Crippen molar-refractivity contribution in [1.29, 1.82) is 0 Å². The van der Waals surface area contributed by atoms with Gasteiger partial charge < -0.3 is 10.2 Å². The SMILES string of the molecule is CCC(O)(CC)CC1(C(=O)O)CCC(C(C)(C)C)CC1. The maximum absolute atomic E-state index is 11.8. The van der Waals surface area contributed by atoms with Crippen LogP contribution in [0.3, 0.4) is 0 Å². The van der Waals surface area contributed by atoms with Crippen molar-refractivity contribution in [3.8, 4) is 0 Å². The van der Waals surface area contributed by atoms with Crippen molar-refractivity contribution in [3.63, 3.8) is 0 Å². The Morgan fingerprint density at radius 3 is 1.90 bits per heavy atom. The summed E-state index contributed by atoms with van der Waals surface area (Å²) in [6, 6.07) is 0. The summed E-state index contributed by atoms with van der Waals surface area (Å²) < 4.78 is 0. The van der Waals surface area contributed by atoms with Gasteiger partial charge in [0.2, 0.25) is 0 Å². The van der Waals surface area contributed by atoms with Crippen molar-refractivity contribution in [2.75, 3.05) is 0 Å². The Morgan fingerprint density at radius 2 is 1.60 bits per heavy atom. The lowest BCUT2D eigenvalue weighted by molar-refractivity contribution is -0.158. The minimum absolute atomic E-state index is 0.247. The first-order chi connectivity index (χ1) is 9.08. The zero-order valence-electron chi connectivity index (χ0n) is 13.8. The smallest absolute Gasteiger partial charge is 0.309 e. The van der Waals surface area contributed by atoms with Crippen molar-refractivity contribution < 1.29 is 15.0 Å². The first-order valence-electron chi connectivity index (χ1n) is 8.04. The van der Waals surface area contributed by atoms with E-state index in [1.165, 1.54) is 0 Å². The maximum Gasteiger partial charge on any atom is 0.309 e. The third kappa shape index (κ3) is 3.75. The van der Waals surface area contributed by atoms with E-state index in [1.807, 2.05) is 13.8 Å². The summed E-state index contributed by atoms with van der Waals surface area (Å²) in [5.41, 5.74) is -1.30. The van der Waals surface area contributed by atoms with Crippen LogP contribution in [0.1, 0.15) is 79.6 Å². The van der Waals surface area contributed by atoms with Crippen molar-refractivity contribution in [1.82, 2.24) is 0 Å². The average Bonchev–Trinajstić information content (AvgIpc) is 2.38. The Labute approximate surface area is 123 Å². The Bertz CT molecular complexity index is 329.